The monoisotopic (exact) mass is 512 g/mol. The number of ketones is 1. The van der Waals surface area contributed by atoms with Gasteiger partial charge in [0.05, 0.1) is 13.2 Å². The molecule has 1 fully saturated rings. The van der Waals surface area contributed by atoms with Gasteiger partial charge >= 0.3 is 12.1 Å². The Morgan fingerprint density at radius 1 is 1.16 bits per heavy atom. The second-order valence-corrected chi connectivity index (χ2v) is 8.82. The smallest absolute Gasteiger partial charge is 0.507 e. The number of ether oxygens (including phenoxy) is 5. The van der Waals surface area contributed by atoms with Gasteiger partial charge in [0.1, 0.15) is 42.0 Å². The zero-order valence-corrected chi connectivity index (χ0v) is 20.4. The van der Waals surface area contributed by atoms with Crippen LogP contribution in [0, 0.1) is 0 Å². The molecule has 2 N–H and O–H groups in total. The van der Waals surface area contributed by atoms with Gasteiger partial charge in [0, 0.05) is 24.5 Å². The summed E-state index contributed by atoms with van der Waals surface area (Å²) >= 11 is 0. The van der Waals surface area contributed by atoms with E-state index in [2.05, 4.69) is 0 Å². The number of fused-ring (bicyclic) bond motifs is 3. The molecule has 10 heteroatoms. The number of epoxide rings is 1. The number of phenolic OH excluding ortho intramolecular Hbond substituents is 1. The number of rotatable bonds is 4. The molecule has 2 aliphatic heterocycles. The first-order valence-electron chi connectivity index (χ1n) is 11.8. The highest BCUT2D eigenvalue weighted by Gasteiger charge is 2.47. The van der Waals surface area contributed by atoms with Crippen LogP contribution in [0.2, 0.25) is 0 Å². The predicted molar refractivity (Wildman–Crippen MR) is 128 cm³/mol. The van der Waals surface area contributed by atoms with Crippen LogP contribution < -0.4 is 4.74 Å². The standard InChI is InChI=1S/C27H28O10/c1-15-7-6-10-19(28)24(30)21(37-27(32)34-14-16-8-4-3-5-9-16)13-22-25(36-22)18-11-17(33-2)12-20(29)23(18)26(31)35-15/h3-6,8-12,15,21-22,24-25,29-30H,7,13-14H2,1-2H3/b10-6-/t15-,21-,22+,24+,25+/m0/s1. The second-order valence-electron chi connectivity index (χ2n) is 8.82. The lowest BCUT2D eigenvalue weighted by Gasteiger charge is -2.21. The summed E-state index contributed by atoms with van der Waals surface area (Å²) in [6.07, 6.45) is -3.31. The summed E-state index contributed by atoms with van der Waals surface area (Å²) in [4.78, 5) is 37.9. The number of esters is 1. The molecule has 0 bridgehead atoms. The van der Waals surface area contributed by atoms with Crippen LogP contribution in [0.5, 0.6) is 11.5 Å². The van der Waals surface area contributed by atoms with Crippen molar-refractivity contribution in [2.45, 2.75) is 56.9 Å². The van der Waals surface area contributed by atoms with E-state index in [0.29, 0.717) is 11.3 Å². The summed E-state index contributed by atoms with van der Waals surface area (Å²) in [6, 6.07) is 11.8. The Kier molecular flexibility index (Phi) is 8.10. The summed E-state index contributed by atoms with van der Waals surface area (Å²) in [5.41, 5.74) is 0.984. The van der Waals surface area contributed by atoms with Gasteiger partial charge in [-0.2, -0.15) is 0 Å². The van der Waals surface area contributed by atoms with Gasteiger partial charge in [0.25, 0.3) is 0 Å². The predicted octanol–water partition coefficient (Wildman–Crippen LogP) is 3.39. The maximum Gasteiger partial charge on any atom is 0.508 e. The molecule has 2 heterocycles. The summed E-state index contributed by atoms with van der Waals surface area (Å²) in [5.74, 6) is -1.49. The molecule has 10 nitrogen and oxygen atoms in total. The maximum atomic E-state index is 12.9. The molecule has 0 radical (unpaired) electrons. The number of phenols is 1. The van der Waals surface area contributed by atoms with Crippen molar-refractivity contribution in [2.24, 2.45) is 0 Å². The highest BCUT2D eigenvalue weighted by molar-refractivity contribution is 5.95. The average molecular weight is 513 g/mol. The number of benzene rings is 2. The lowest BCUT2D eigenvalue weighted by molar-refractivity contribution is -0.129. The third kappa shape index (κ3) is 6.46. The molecule has 37 heavy (non-hydrogen) atoms. The van der Waals surface area contributed by atoms with Gasteiger partial charge in [-0.1, -0.05) is 36.4 Å². The molecule has 0 unspecified atom stereocenters. The molecule has 5 atom stereocenters. The van der Waals surface area contributed by atoms with Crippen LogP contribution in [0.25, 0.3) is 0 Å². The topological polar surface area (TPSA) is 141 Å². The van der Waals surface area contributed by atoms with Gasteiger partial charge < -0.3 is 33.9 Å². The van der Waals surface area contributed by atoms with Crippen LogP contribution in [0.15, 0.2) is 54.6 Å². The average Bonchev–Trinajstić information content (AvgIpc) is 3.65. The largest absolute Gasteiger partial charge is 0.508 e. The summed E-state index contributed by atoms with van der Waals surface area (Å²) in [7, 11) is 1.41. The first kappa shape index (κ1) is 26.2. The van der Waals surface area contributed by atoms with E-state index in [0.717, 1.165) is 11.6 Å². The lowest BCUT2D eigenvalue weighted by atomic mass is 9.96. The number of aromatic hydroxyl groups is 1. The Labute approximate surface area is 213 Å². The van der Waals surface area contributed by atoms with Crippen LogP contribution >= 0.6 is 0 Å². The number of cyclic esters (lactones) is 1. The fourth-order valence-electron chi connectivity index (χ4n) is 4.07. The highest BCUT2D eigenvalue weighted by Crippen LogP contribution is 2.47. The van der Waals surface area contributed by atoms with Crippen LogP contribution in [0.4, 0.5) is 4.79 Å². The minimum atomic E-state index is -1.68. The molecule has 2 aromatic carbocycles. The van der Waals surface area contributed by atoms with Gasteiger partial charge in [-0.05, 0) is 24.6 Å². The third-order valence-corrected chi connectivity index (χ3v) is 6.06. The van der Waals surface area contributed by atoms with E-state index in [1.165, 1.54) is 19.3 Å². The van der Waals surface area contributed by atoms with E-state index in [-0.39, 0.29) is 30.8 Å². The molecule has 0 saturated carbocycles. The number of carbonyl (C=O) groups is 3. The van der Waals surface area contributed by atoms with Gasteiger partial charge in [0.15, 0.2) is 11.9 Å². The number of methoxy groups -OCH3 is 1. The van der Waals surface area contributed by atoms with Gasteiger partial charge in [-0.3, -0.25) is 4.79 Å². The zero-order valence-electron chi connectivity index (χ0n) is 20.4. The van der Waals surface area contributed by atoms with E-state index in [9.17, 15) is 24.6 Å². The Bertz CT molecular complexity index is 1180. The molecular formula is C27H28O10. The van der Waals surface area contributed by atoms with Gasteiger partial charge in [0.2, 0.25) is 0 Å². The molecule has 0 amide bonds. The normalized spacial score (nSPS) is 26.5. The summed E-state index contributed by atoms with van der Waals surface area (Å²) in [6.45, 7) is 1.58. The quantitative estimate of drug-likeness (QED) is 0.462. The van der Waals surface area contributed by atoms with E-state index >= 15 is 0 Å². The lowest BCUT2D eigenvalue weighted by Crippen LogP contribution is -2.38. The van der Waals surface area contributed by atoms with Crippen molar-refractivity contribution in [1.82, 2.24) is 0 Å². The fourth-order valence-corrected chi connectivity index (χ4v) is 4.07. The summed E-state index contributed by atoms with van der Waals surface area (Å²) < 4.78 is 26.9. The van der Waals surface area contributed by atoms with Crippen molar-refractivity contribution >= 4 is 17.9 Å². The summed E-state index contributed by atoms with van der Waals surface area (Å²) in [5, 5.41) is 21.3. The third-order valence-electron chi connectivity index (χ3n) is 6.06. The second kappa shape index (κ2) is 11.4. The van der Waals surface area contributed by atoms with Crippen LogP contribution in [0.3, 0.4) is 0 Å². The Balaban J connectivity index is 1.58. The molecule has 0 aromatic heterocycles. The molecule has 196 valence electrons. The Hall–Kier alpha value is -3.89. The van der Waals surface area contributed by atoms with E-state index in [1.54, 1.807) is 37.3 Å². The van der Waals surface area contributed by atoms with E-state index in [4.69, 9.17) is 23.7 Å². The van der Waals surface area contributed by atoms with Crippen molar-refractivity contribution in [3.05, 3.63) is 71.3 Å². The van der Waals surface area contributed by atoms with Crippen LogP contribution in [-0.4, -0.2) is 59.6 Å². The molecule has 0 aliphatic carbocycles. The number of aliphatic hydroxyl groups is 1. The number of aliphatic hydroxyl groups excluding tert-OH is 1. The Morgan fingerprint density at radius 2 is 1.92 bits per heavy atom. The van der Waals surface area contributed by atoms with Gasteiger partial charge in [-0.15, -0.1) is 0 Å². The van der Waals surface area contributed by atoms with Crippen molar-refractivity contribution in [2.75, 3.05) is 7.11 Å². The highest BCUT2D eigenvalue weighted by atomic mass is 16.7. The van der Waals surface area contributed by atoms with Crippen molar-refractivity contribution in [3.63, 3.8) is 0 Å². The van der Waals surface area contributed by atoms with E-state index < -0.39 is 48.4 Å². The van der Waals surface area contributed by atoms with Crippen LogP contribution in [-0.2, 0) is 30.3 Å². The van der Waals surface area contributed by atoms with Gasteiger partial charge in [-0.25, -0.2) is 9.59 Å². The first-order chi connectivity index (χ1) is 17.8. The number of hydrogen-bond donors (Lipinski definition) is 2. The van der Waals surface area contributed by atoms with Crippen molar-refractivity contribution in [1.29, 1.82) is 0 Å². The molecule has 1 saturated heterocycles. The number of hydrogen-bond acceptors (Lipinski definition) is 10. The minimum absolute atomic E-state index is 0.0503. The molecule has 0 spiro atoms. The SMILES string of the molecule is COc1cc(O)c2c(c1)[C@H]1O[C@@H]1C[C@H](OC(=O)OCc1ccccc1)[C@H](O)C(=O)/C=C\C[C@H](C)OC2=O. The van der Waals surface area contributed by atoms with Crippen molar-refractivity contribution in [3.8, 4) is 11.5 Å². The Morgan fingerprint density at radius 3 is 2.65 bits per heavy atom. The molecule has 2 aromatic rings. The molecular weight excluding hydrogens is 484 g/mol. The minimum Gasteiger partial charge on any atom is -0.507 e. The fraction of sp³-hybridized carbons (Fsp3) is 0.370. The molecule has 2 aliphatic rings. The van der Waals surface area contributed by atoms with E-state index in [1.807, 2.05) is 6.07 Å². The first-order valence-corrected chi connectivity index (χ1v) is 11.8. The van der Waals surface area contributed by atoms with Crippen molar-refractivity contribution < 1.29 is 48.3 Å². The number of carbonyl (C=O) groups excluding carboxylic acids is 3. The zero-order chi connectivity index (χ0) is 26.5. The maximum absolute atomic E-state index is 12.9. The molecule has 4 rings (SSSR count). The van der Waals surface area contributed by atoms with Crippen LogP contribution in [0.1, 0.15) is 47.4 Å².